The van der Waals surface area contributed by atoms with Gasteiger partial charge in [-0.05, 0) is 6.42 Å². The van der Waals surface area contributed by atoms with E-state index in [1.165, 1.54) is 0 Å². The van der Waals surface area contributed by atoms with E-state index in [0.29, 0.717) is 36.5 Å². The summed E-state index contributed by atoms with van der Waals surface area (Å²) in [5, 5.41) is 2.64. The highest BCUT2D eigenvalue weighted by molar-refractivity contribution is 7.84. The Morgan fingerprint density at radius 3 is 3.10 bits per heavy atom. The SMILES string of the molecule is O=NCC(=O)N1CCc2[nH]c3c(c2C1)C=CCC(S)=C3F. The summed E-state index contributed by atoms with van der Waals surface area (Å²) in [6.45, 7) is 0.519. The van der Waals surface area contributed by atoms with Gasteiger partial charge in [0.1, 0.15) is 0 Å². The number of hydrogen-bond donors (Lipinski definition) is 2. The lowest BCUT2D eigenvalue weighted by molar-refractivity contribution is -0.130. The smallest absolute Gasteiger partial charge is 0.248 e. The first-order valence-electron chi connectivity index (χ1n) is 6.67. The number of nitrogens with zero attached hydrogens (tertiary/aromatic N) is 2. The number of amides is 1. The van der Waals surface area contributed by atoms with Gasteiger partial charge < -0.3 is 9.88 Å². The van der Waals surface area contributed by atoms with Gasteiger partial charge in [0.15, 0.2) is 12.4 Å². The van der Waals surface area contributed by atoms with Crippen molar-refractivity contribution in [3.8, 4) is 0 Å². The molecule has 2 heterocycles. The second kappa shape index (κ2) is 5.48. The highest BCUT2D eigenvalue weighted by atomic mass is 32.1. The average molecular weight is 307 g/mol. The molecule has 1 aromatic heterocycles. The van der Waals surface area contributed by atoms with Crippen molar-refractivity contribution in [1.29, 1.82) is 0 Å². The molecule has 0 unspecified atom stereocenters. The number of fused-ring (bicyclic) bond motifs is 3. The summed E-state index contributed by atoms with van der Waals surface area (Å²) in [5.41, 5.74) is 3.04. The molecule has 0 spiro atoms. The number of hydrogen-bond acceptors (Lipinski definition) is 4. The van der Waals surface area contributed by atoms with E-state index in [4.69, 9.17) is 0 Å². The number of rotatable bonds is 2. The molecule has 0 saturated heterocycles. The molecule has 5 nitrogen and oxygen atoms in total. The van der Waals surface area contributed by atoms with E-state index < -0.39 is 0 Å². The van der Waals surface area contributed by atoms with Crippen LogP contribution in [0.1, 0.15) is 28.9 Å². The summed E-state index contributed by atoms with van der Waals surface area (Å²) >= 11 is 4.17. The van der Waals surface area contributed by atoms with Gasteiger partial charge in [0, 0.05) is 41.2 Å². The van der Waals surface area contributed by atoms with Crippen LogP contribution in [0.4, 0.5) is 4.39 Å². The van der Waals surface area contributed by atoms with Crippen LogP contribution in [0.2, 0.25) is 0 Å². The lowest BCUT2D eigenvalue weighted by Crippen LogP contribution is -2.37. The molecule has 2 aliphatic rings. The zero-order valence-electron chi connectivity index (χ0n) is 11.2. The molecule has 1 aliphatic carbocycles. The number of aromatic nitrogens is 1. The molecule has 1 aliphatic heterocycles. The van der Waals surface area contributed by atoms with Crippen molar-refractivity contribution in [2.45, 2.75) is 19.4 Å². The van der Waals surface area contributed by atoms with E-state index in [1.54, 1.807) is 4.90 Å². The lowest BCUT2D eigenvalue weighted by Gasteiger charge is -2.26. The third-order valence-corrected chi connectivity index (χ3v) is 4.22. The number of allylic oxidation sites excluding steroid dienone is 2. The number of nitrogens with one attached hydrogen (secondary N) is 1. The minimum Gasteiger partial charge on any atom is -0.356 e. The zero-order chi connectivity index (χ0) is 15.0. The van der Waals surface area contributed by atoms with E-state index in [1.807, 2.05) is 12.2 Å². The molecule has 7 heteroatoms. The van der Waals surface area contributed by atoms with Crippen molar-refractivity contribution in [2.75, 3.05) is 13.1 Å². The van der Waals surface area contributed by atoms with Gasteiger partial charge in [-0.25, -0.2) is 4.39 Å². The molecule has 1 aromatic rings. The molecule has 21 heavy (non-hydrogen) atoms. The van der Waals surface area contributed by atoms with Crippen LogP contribution in [0, 0.1) is 4.91 Å². The summed E-state index contributed by atoms with van der Waals surface area (Å²) in [4.78, 5) is 27.1. The molecule has 0 atom stereocenters. The molecule has 0 bridgehead atoms. The number of aromatic amines is 1. The Kier molecular flexibility index (Phi) is 3.67. The van der Waals surface area contributed by atoms with Gasteiger partial charge in [-0.3, -0.25) is 4.79 Å². The Labute approximate surface area is 126 Å². The number of carbonyl (C=O) groups is 1. The van der Waals surface area contributed by atoms with Gasteiger partial charge in [-0.2, -0.15) is 4.91 Å². The number of halogens is 1. The summed E-state index contributed by atoms with van der Waals surface area (Å²) < 4.78 is 14.3. The van der Waals surface area contributed by atoms with Crippen molar-refractivity contribution < 1.29 is 9.18 Å². The molecule has 0 fully saturated rings. The third-order valence-electron chi connectivity index (χ3n) is 3.84. The van der Waals surface area contributed by atoms with Gasteiger partial charge in [0.05, 0.1) is 5.69 Å². The minimum absolute atomic E-state index is 0.297. The van der Waals surface area contributed by atoms with Gasteiger partial charge in [-0.15, -0.1) is 12.6 Å². The maximum Gasteiger partial charge on any atom is 0.248 e. The molecule has 0 aromatic carbocycles. The van der Waals surface area contributed by atoms with Crippen LogP contribution in [0.15, 0.2) is 16.2 Å². The first-order valence-corrected chi connectivity index (χ1v) is 7.11. The van der Waals surface area contributed by atoms with Crippen LogP contribution in [0.3, 0.4) is 0 Å². The van der Waals surface area contributed by atoms with Crippen molar-refractivity contribution in [3.63, 3.8) is 0 Å². The van der Waals surface area contributed by atoms with Gasteiger partial charge >= 0.3 is 0 Å². The van der Waals surface area contributed by atoms with Crippen LogP contribution in [-0.4, -0.2) is 28.9 Å². The van der Waals surface area contributed by atoms with E-state index in [-0.39, 0.29) is 18.3 Å². The fourth-order valence-electron chi connectivity index (χ4n) is 2.77. The Hall–Kier alpha value is -1.89. The van der Waals surface area contributed by atoms with E-state index >= 15 is 0 Å². The Morgan fingerprint density at radius 2 is 2.33 bits per heavy atom. The number of nitroso groups, excluding NO2 is 1. The third kappa shape index (κ3) is 2.42. The second-order valence-electron chi connectivity index (χ2n) is 5.09. The fourth-order valence-corrected chi connectivity index (χ4v) is 2.98. The van der Waals surface area contributed by atoms with E-state index in [0.717, 1.165) is 16.8 Å². The van der Waals surface area contributed by atoms with Crippen LogP contribution < -0.4 is 0 Å². The van der Waals surface area contributed by atoms with Crippen LogP contribution >= 0.6 is 12.6 Å². The quantitative estimate of drug-likeness (QED) is 0.651. The van der Waals surface area contributed by atoms with E-state index in [2.05, 4.69) is 22.8 Å². The molecular formula is C14H14FN3O2S. The Balaban J connectivity index is 1.99. The van der Waals surface area contributed by atoms with Crippen molar-refractivity contribution in [2.24, 2.45) is 5.18 Å². The maximum atomic E-state index is 14.3. The second-order valence-corrected chi connectivity index (χ2v) is 5.63. The summed E-state index contributed by atoms with van der Waals surface area (Å²) in [6.07, 6.45) is 4.77. The average Bonchev–Trinajstić information content (AvgIpc) is 2.78. The molecule has 110 valence electrons. The molecule has 3 rings (SSSR count). The first-order chi connectivity index (χ1) is 10.1. The van der Waals surface area contributed by atoms with Crippen LogP contribution in [0.25, 0.3) is 11.9 Å². The monoisotopic (exact) mass is 307 g/mol. The summed E-state index contributed by atoms with van der Waals surface area (Å²) in [6, 6.07) is 0. The first kappa shape index (κ1) is 14.1. The molecule has 0 saturated carbocycles. The number of carbonyl (C=O) groups excluding carboxylic acids is 1. The maximum absolute atomic E-state index is 14.3. The van der Waals surface area contributed by atoms with Crippen LogP contribution in [-0.2, 0) is 17.8 Å². The molecule has 0 radical (unpaired) electrons. The summed E-state index contributed by atoms with van der Waals surface area (Å²) in [7, 11) is 0. The van der Waals surface area contributed by atoms with Crippen molar-refractivity contribution in [3.05, 3.63) is 38.4 Å². The Bertz CT molecular complexity index is 678. The molecule has 1 N–H and O–H groups in total. The standard InChI is InChI=1S/C14H14FN3O2S/c15-13-11(21)3-1-2-8-9-7-18(12(19)6-16-20)5-4-10(9)17-14(8)13/h1-2,17,21H,3-7H2. The normalized spacial score (nSPS) is 17.3. The number of H-pyrrole nitrogens is 1. The summed E-state index contributed by atoms with van der Waals surface area (Å²) in [5.74, 6) is -0.644. The topological polar surface area (TPSA) is 65.5 Å². The van der Waals surface area contributed by atoms with Crippen molar-refractivity contribution in [1.82, 2.24) is 9.88 Å². The molecule has 1 amide bonds. The predicted molar refractivity (Wildman–Crippen MR) is 81.2 cm³/mol. The van der Waals surface area contributed by atoms with Crippen LogP contribution in [0.5, 0.6) is 0 Å². The highest BCUT2D eigenvalue weighted by Crippen LogP contribution is 2.36. The zero-order valence-corrected chi connectivity index (χ0v) is 12.1. The highest BCUT2D eigenvalue weighted by Gasteiger charge is 2.28. The van der Waals surface area contributed by atoms with Gasteiger partial charge in [0.2, 0.25) is 5.91 Å². The van der Waals surface area contributed by atoms with Crippen molar-refractivity contribution >= 4 is 30.4 Å². The number of thiol groups is 1. The fraction of sp³-hybridized carbons (Fsp3) is 0.357. The molecular weight excluding hydrogens is 293 g/mol. The lowest BCUT2D eigenvalue weighted by atomic mass is 10.0. The minimum atomic E-state index is -0.354. The van der Waals surface area contributed by atoms with Gasteiger partial charge in [0.25, 0.3) is 0 Å². The van der Waals surface area contributed by atoms with E-state index in [9.17, 15) is 14.1 Å². The van der Waals surface area contributed by atoms with Gasteiger partial charge in [-0.1, -0.05) is 17.3 Å². The predicted octanol–water partition coefficient (Wildman–Crippen LogP) is 2.65. The largest absolute Gasteiger partial charge is 0.356 e. The Morgan fingerprint density at radius 1 is 1.52 bits per heavy atom.